The van der Waals surface area contributed by atoms with Gasteiger partial charge in [-0.2, -0.15) is 0 Å². The average molecular weight is 236 g/mol. The molecule has 96 valence electrons. The lowest BCUT2D eigenvalue weighted by Crippen LogP contribution is -2.03. The first kappa shape index (κ1) is 15.7. The summed E-state index contributed by atoms with van der Waals surface area (Å²) >= 11 is 0. The van der Waals surface area contributed by atoms with Crippen LogP contribution in [-0.2, 0) is 9.53 Å². The zero-order valence-corrected chi connectivity index (χ0v) is 11.7. The summed E-state index contributed by atoms with van der Waals surface area (Å²) in [5.41, 5.74) is 3.54. The molecule has 0 bridgehead atoms. The van der Waals surface area contributed by atoms with Gasteiger partial charge in [-0.1, -0.05) is 28.9 Å². The number of esters is 1. The summed E-state index contributed by atoms with van der Waals surface area (Å²) in [6.07, 6.45) is 7.62. The maximum absolute atomic E-state index is 11.2. The summed E-state index contributed by atoms with van der Waals surface area (Å²) in [7, 11) is 0. The SMILES string of the molecule is CC(C)=CC/C=C(\C)CCOC(=O)C=C(C)C. The van der Waals surface area contributed by atoms with Gasteiger partial charge in [-0.3, -0.25) is 0 Å². The third-order valence-corrected chi connectivity index (χ3v) is 2.14. The normalized spacial score (nSPS) is 10.8. The Balaban J connectivity index is 3.85. The standard InChI is InChI=1S/C15H24O2/c1-12(2)7-6-8-14(5)9-10-17-15(16)11-13(3)4/h7-8,11H,6,9-10H2,1-5H3/b14-8+. The van der Waals surface area contributed by atoms with Gasteiger partial charge in [0.15, 0.2) is 0 Å². The minimum absolute atomic E-state index is 0.248. The van der Waals surface area contributed by atoms with E-state index in [0.717, 1.165) is 18.4 Å². The smallest absolute Gasteiger partial charge is 0.330 e. The lowest BCUT2D eigenvalue weighted by atomic mass is 10.1. The molecule has 0 N–H and O–H groups in total. The molecule has 0 amide bonds. The van der Waals surface area contributed by atoms with Gasteiger partial charge in [0, 0.05) is 12.5 Å². The molecule has 0 aliphatic carbocycles. The second kappa shape index (κ2) is 8.80. The molecule has 0 radical (unpaired) electrons. The van der Waals surface area contributed by atoms with Gasteiger partial charge in [0.2, 0.25) is 0 Å². The van der Waals surface area contributed by atoms with Crippen LogP contribution < -0.4 is 0 Å². The van der Waals surface area contributed by atoms with Crippen LogP contribution in [0.5, 0.6) is 0 Å². The molecule has 17 heavy (non-hydrogen) atoms. The Morgan fingerprint density at radius 3 is 2.18 bits per heavy atom. The quantitative estimate of drug-likeness (QED) is 0.393. The summed E-state index contributed by atoms with van der Waals surface area (Å²) in [6, 6.07) is 0. The summed E-state index contributed by atoms with van der Waals surface area (Å²) in [5, 5.41) is 0. The Kier molecular flexibility index (Phi) is 8.12. The monoisotopic (exact) mass is 236 g/mol. The number of hydrogen-bond donors (Lipinski definition) is 0. The van der Waals surface area contributed by atoms with Gasteiger partial charge in [0.05, 0.1) is 6.61 Å². The zero-order valence-electron chi connectivity index (χ0n) is 11.7. The molecular weight excluding hydrogens is 212 g/mol. The first-order valence-corrected chi connectivity index (χ1v) is 6.02. The van der Waals surface area contributed by atoms with Crippen molar-refractivity contribution in [3.8, 4) is 0 Å². The minimum atomic E-state index is -0.248. The molecule has 0 aromatic carbocycles. The highest BCUT2D eigenvalue weighted by atomic mass is 16.5. The van der Waals surface area contributed by atoms with Gasteiger partial charge in [-0.05, 0) is 41.0 Å². The average Bonchev–Trinajstić information content (AvgIpc) is 2.15. The number of hydrogen-bond acceptors (Lipinski definition) is 2. The van der Waals surface area contributed by atoms with E-state index in [9.17, 15) is 4.79 Å². The summed E-state index contributed by atoms with van der Waals surface area (Å²) in [5.74, 6) is -0.248. The fraction of sp³-hybridized carbons (Fsp3) is 0.533. The lowest BCUT2D eigenvalue weighted by molar-refractivity contribution is -0.137. The minimum Gasteiger partial charge on any atom is -0.462 e. The highest BCUT2D eigenvalue weighted by Gasteiger charge is 1.97. The van der Waals surface area contributed by atoms with E-state index in [4.69, 9.17) is 4.74 Å². The molecule has 0 saturated heterocycles. The maximum Gasteiger partial charge on any atom is 0.330 e. The maximum atomic E-state index is 11.2. The third-order valence-electron chi connectivity index (χ3n) is 2.14. The zero-order chi connectivity index (χ0) is 13.3. The predicted molar refractivity (Wildman–Crippen MR) is 72.8 cm³/mol. The Labute approximate surface area is 105 Å². The van der Waals surface area contributed by atoms with Crippen molar-refractivity contribution in [2.45, 2.75) is 47.5 Å². The lowest BCUT2D eigenvalue weighted by Gasteiger charge is -2.02. The van der Waals surface area contributed by atoms with Crippen molar-refractivity contribution < 1.29 is 9.53 Å². The van der Waals surface area contributed by atoms with Gasteiger partial charge in [-0.25, -0.2) is 4.79 Å². The van der Waals surface area contributed by atoms with Crippen LogP contribution in [0.1, 0.15) is 47.5 Å². The van der Waals surface area contributed by atoms with Crippen LogP contribution in [0.2, 0.25) is 0 Å². The topological polar surface area (TPSA) is 26.3 Å². The molecule has 0 spiro atoms. The third kappa shape index (κ3) is 11.0. The van der Waals surface area contributed by atoms with Crippen molar-refractivity contribution in [3.05, 3.63) is 34.9 Å². The van der Waals surface area contributed by atoms with E-state index in [1.54, 1.807) is 0 Å². The highest BCUT2D eigenvalue weighted by molar-refractivity contribution is 5.82. The molecule has 0 atom stereocenters. The van der Waals surface area contributed by atoms with E-state index in [0.29, 0.717) is 6.61 Å². The second-order valence-corrected chi connectivity index (χ2v) is 4.71. The molecule has 0 heterocycles. The molecule has 2 heteroatoms. The van der Waals surface area contributed by atoms with Crippen molar-refractivity contribution in [2.75, 3.05) is 6.61 Å². The van der Waals surface area contributed by atoms with Crippen LogP contribution in [0, 0.1) is 0 Å². The van der Waals surface area contributed by atoms with Crippen molar-refractivity contribution >= 4 is 5.97 Å². The molecule has 0 aromatic heterocycles. The van der Waals surface area contributed by atoms with Crippen molar-refractivity contribution in [3.63, 3.8) is 0 Å². The Morgan fingerprint density at radius 1 is 1.00 bits per heavy atom. The van der Waals surface area contributed by atoms with Crippen molar-refractivity contribution in [1.29, 1.82) is 0 Å². The van der Waals surface area contributed by atoms with Crippen molar-refractivity contribution in [2.24, 2.45) is 0 Å². The largest absolute Gasteiger partial charge is 0.462 e. The second-order valence-electron chi connectivity index (χ2n) is 4.71. The Bertz CT molecular complexity index is 325. The molecular formula is C15H24O2. The molecule has 0 aliphatic rings. The number of carbonyl (C=O) groups excluding carboxylic acids is 1. The van der Waals surface area contributed by atoms with Gasteiger partial charge in [-0.15, -0.1) is 0 Å². The van der Waals surface area contributed by atoms with Crippen LogP contribution in [0.25, 0.3) is 0 Å². The number of rotatable bonds is 6. The van der Waals surface area contributed by atoms with E-state index in [1.807, 2.05) is 13.8 Å². The van der Waals surface area contributed by atoms with Crippen molar-refractivity contribution in [1.82, 2.24) is 0 Å². The Hall–Kier alpha value is -1.31. The van der Waals surface area contributed by atoms with E-state index < -0.39 is 0 Å². The van der Waals surface area contributed by atoms with Gasteiger partial charge in [0.1, 0.15) is 0 Å². The van der Waals surface area contributed by atoms with Crippen LogP contribution in [-0.4, -0.2) is 12.6 Å². The van der Waals surface area contributed by atoms with E-state index in [2.05, 4.69) is 32.9 Å². The van der Waals surface area contributed by atoms with Gasteiger partial charge >= 0.3 is 5.97 Å². The van der Waals surface area contributed by atoms with Crippen LogP contribution in [0.15, 0.2) is 34.9 Å². The summed E-state index contributed by atoms with van der Waals surface area (Å²) in [6.45, 7) is 10.5. The number of allylic oxidation sites excluding steroid dienone is 4. The van der Waals surface area contributed by atoms with Crippen LogP contribution in [0.4, 0.5) is 0 Å². The Morgan fingerprint density at radius 2 is 1.65 bits per heavy atom. The van der Waals surface area contributed by atoms with Crippen LogP contribution >= 0.6 is 0 Å². The van der Waals surface area contributed by atoms with E-state index in [1.165, 1.54) is 17.2 Å². The van der Waals surface area contributed by atoms with E-state index in [-0.39, 0.29) is 5.97 Å². The molecule has 0 saturated carbocycles. The first-order valence-electron chi connectivity index (χ1n) is 6.02. The number of carbonyl (C=O) groups is 1. The molecule has 0 fully saturated rings. The molecule has 0 aromatic rings. The molecule has 2 nitrogen and oxygen atoms in total. The first-order chi connectivity index (χ1) is 7.91. The number of ether oxygens (including phenoxy) is 1. The fourth-order valence-electron chi connectivity index (χ4n) is 1.19. The van der Waals surface area contributed by atoms with Crippen LogP contribution in [0.3, 0.4) is 0 Å². The van der Waals surface area contributed by atoms with Gasteiger partial charge in [0.25, 0.3) is 0 Å². The van der Waals surface area contributed by atoms with Gasteiger partial charge < -0.3 is 4.74 Å². The molecule has 0 unspecified atom stereocenters. The summed E-state index contributed by atoms with van der Waals surface area (Å²) in [4.78, 5) is 11.2. The molecule has 0 rings (SSSR count). The summed E-state index contributed by atoms with van der Waals surface area (Å²) < 4.78 is 5.08. The highest BCUT2D eigenvalue weighted by Crippen LogP contribution is 2.04. The van der Waals surface area contributed by atoms with E-state index >= 15 is 0 Å². The predicted octanol–water partition coefficient (Wildman–Crippen LogP) is 4.19. The molecule has 0 aliphatic heterocycles. The fourth-order valence-corrected chi connectivity index (χ4v) is 1.19.